The SMILES string of the molecule is CC(C)(C)CN1CCCC2(CCN(C(=O)c3ccc(O)cc3)C2)C1. The van der Waals surface area contributed by atoms with E-state index in [1.54, 1.807) is 24.3 Å². The van der Waals surface area contributed by atoms with Crippen LogP contribution in [0, 0.1) is 10.8 Å². The molecule has 132 valence electrons. The van der Waals surface area contributed by atoms with Gasteiger partial charge in [0.05, 0.1) is 0 Å². The molecule has 1 amide bonds. The largest absolute Gasteiger partial charge is 0.508 e. The number of phenols is 1. The number of hydrogen-bond acceptors (Lipinski definition) is 3. The number of amides is 1. The molecule has 2 saturated heterocycles. The van der Waals surface area contributed by atoms with Crippen LogP contribution >= 0.6 is 0 Å². The Kier molecular flexibility index (Phi) is 4.60. The molecule has 0 aromatic heterocycles. The summed E-state index contributed by atoms with van der Waals surface area (Å²) >= 11 is 0. The van der Waals surface area contributed by atoms with Gasteiger partial charge in [0.2, 0.25) is 0 Å². The number of likely N-dealkylation sites (tertiary alicyclic amines) is 2. The molecule has 0 radical (unpaired) electrons. The molecule has 24 heavy (non-hydrogen) atoms. The summed E-state index contributed by atoms with van der Waals surface area (Å²) < 4.78 is 0. The summed E-state index contributed by atoms with van der Waals surface area (Å²) in [6.45, 7) is 12.0. The maximum Gasteiger partial charge on any atom is 0.253 e. The number of phenolic OH excluding ortho intramolecular Hbond substituents is 1. The monoisotopic (exact) mass is 330 g/mol. The van der Waals surface area contributed by atoms with Gasteiger partial charge in [-0.05, 0) is 55.5 Å². The molecule has 1 spiro atoms. The summed E-state index contributed by atoms with van der Waals surface area (Å²) in [5.74, 6) is 0.300. The third-order valence-corrected chi connectivity index (χ3v) is 5.28. The highest BCUT2D eigenvalue weighted by Gasteiger charge is 2.43. The van der Waals surface area contributed by atoms with E-state index in [0.29, 0.717) is 11.0 Å². The Morgan fingerprint density at radius 1 is 1.12 bits per heavy atom. The molecule has 0 bridgehead atoms. The standard InChI is InChI=1S/C20H30N2O2/c1-19(2,3)13-21-11-4-9-20(14-21)10-12-22(15-20)18(24)16-5-7-17(23)8-6-16/h5-8,23H,4,9-15H2,1-3H3. The van der Waals surface area contributed by atoms with E-state index in [4.69, 9.17) is 0 Å². The van der Waals surface area contributed by atoms with Gasteiger partial charge in [-0.1, -0.05) is 20.8 Å². The van der Waals surface area contributed by atoms with Gasteiger partial charge >= 0.3 is 0 Å². The molecule has 1 aromatic rings. The Balaban J connectivity index is 1.65. The first-order valence-corrected chi connectivity index (χ1v) is 9.07. The average molecular weight is 330 g/mol. The summed E-state index contributed by atoms with van der Waals surface area (Å²) in [5, 5.41) is 9.39. The topological polar surface area (TPSA) is 43.8 Å². The summed E-state index contributed by atoms with van der Waals surface area (Å²) in [6.07, 6.45) is 3.57. The van der Waals surface area contributed by atoms with Crippen LogP contribution in [0.25, 0.3) is 0 Å². The van der Waals surface area contributed by atoms with Crippen LogP contribution in [-0.2, 0) is 0 Å². The quantitative estimate of drug-likeness (QED) is 0.904. The van der Waals surface area contributed by atoms with Crippen LogP contribution < -0.4 is 0 Å². The van der Waals surface area contributed by atoms with Gasteiger partial charge in [0, 0.05) is 37.2 Å². The number of nitrogens with zero attached hydrogens (tertiary/aromatic N) is 2. The smallest absolute Gasteiger partial charge is 0.253 e. The summed E-state index contributed by atoms with van der Waals surface area (Å²) in [5.41, 5.74) is 1.27. The molecular formula is C20H30N2O2. The summed E-state index contributed by atoms with van der Waals surface area (Å²) in [6, 6.07) is 6.61. The number of aromatic hydroxyl groups is 1. The second kappa shape index (κ2) is 6.40. The maximum absolute atomic E-state index is 12.7. The number of carbonyl (C=O) groups is 1. The Morgan fingerprint density at radius 2 is 1.83 bits per heavy atom. The third-order valence-electron chi connectivity index (χ3n) is 5.28. The zero-order chi connectivity index (χ0) is 17.4. The van der Waals surface area contributed by atoms with Gasteiger partial charge in [0.1, 0.15) is 5.75 Å². The predicted molar refractivity (Wildman–Crippen MR) is 96.2 cm³/mol. The van der Waals surface area contributed by atoms with E-state index in [1.165, 1.54) is 19.4 Å². The van der Waals surface area contributed by atoms with Gasteiger partial charge in [-0.25, -0.2) is 0 Å². The molecule has 2 heterocycles. The highest BCUT2D eigenvalue weighted by Crippen LogP contribution is 2.40. The normalized spacial score (nSPS) is 25.4. The molecule has 1 unspecified atom stereocenters. The number of carbonyl (C=O) groups excluding carboxylic acids is 1. The lowest BCUT2D eigenvalue weighted by molar-refractivity contribution is 0.0595. The second-order valence-corrected chi connectivity index (χ2v) is 8.90. The Morgan fingerprint density at radius 3 is 2.50 bits per heavy atom. The zero-order valence-corrected chi connectivity index (χ0v) is 15.2. The minimum atomic E-state index is 0.0971. The first kappa shape index (κ1) is 17.3. The lowest BCUT2D eigenvalue weighted by atomic mass is 9.78. The van der Waals surface area contributed by atoms with Gasteiger partial charge < -0.3 is 14.9 Å². The molecule has 0 aliphatic carbocycles. The molecule has 2 aliphatic rings. The first-order valence-electron chi connectivity index (χ1n) is 9.07. The van der Waals surface area contributed by atoms with E-state index in [1.807, 2.05) is 4.90 Å². The van der Waals surface area contributed by atoms with Crippen LogP contribution in [-0.4, -0.2) is 53.5 Å². The van der Waals surface area contributed by atoms with Crippen LogP contribution in [0.3, 0.4) is 0 Å². The second-order valence-electron chi connectivity index (χ2n) is 8.90. The molecule has 1 aromatic carbocycles. The maximum atomic E-state index is 12.7. The first-order chi connectivity index (χ1) is 11.3. The molecule has 2 fully saturated rings. The number of hydrogen-bond donors (Lipinski definition) is 1. The molecule has 1 N–H and O–H groups in total. The van der Waals surface area contributed by atoms with Gasteiger partial charge in [-0.3, -0.25) is 4.79 Å². The molecule has 0 saturated carbocycles. The van der Waals surface area contributed by atoms with Crippen LogP contribution in [0.1, 0.15) is 50.4 Å². The lowest BCUT2D eigenvalue weighted by Gasteiger charge is -2.42. The van der Waals surface area contributed by atoms with Crippen molar-refractivity contribution in [1.82, 2.24) is 9.80 Å². The molecule has 4 nitrogen and oxygen atoms in total. The Labute approximate surface area is 145 Å². The van der Waals surface area contributed by atoms with Gasteiger partial charge in [-0.2, -0.15) is 0 Å². The summed E-state index contributed by atoms with van der Waals surface area (Å²) in [4.78, 5) is 17.3. The number of rotatable bonds is 2. The minimum Gasteiger partial charge on any atom is -0.508 e. The molecule has 1 atom stereocenters. The van der Waals surface area contributed by atoms with Crippen molar-refractivity contribution in [2.75, 3.05) is 32.7 Å². The third kappa shape index (κ3) is 3.92. The van der Waals surface area contributed by atoms with Crippen molar-refractivity contribution in [3.63, 3.8) is 0 Å². The minimum absolute atomic E-state index is 0.0971. The van der Waals surface area contributed by atoms with Crippen LogP contribution in [0.4, 0.5) is 0 Å². The fourth-order valence-electron chi connectivity index (χ4n) is 4.34. The molecule has 4 heteroatoms. The van der Waals surface area contributed by atoms with E-state index >= 15 is 0 Å². The van der Waals surface area contributed by atoms with Gasteiger partial charge in [-0.15, -0.1) is 0 Å². The van der Waals surface area contributed by atoms with E-state index < -0.39 is 0 Å². The van der Waals surface area contributed by atoms with Gasteiger partial charge in [0.15, 0.2) is 0 Å². The number of benzene rings is 1. The van der Waals surface area contributed by atoms with Crippen molar-refractivity contribution < 1.29 is 9.90 Å². The molecule has 3 rings (SSSR count). The van der Waals surface area contributed by atoms with Crippen molar-refractivity contribution >= 4 is 5.91 Å². The highest BCUT2D eigenvalue weighted by molar-refractivity contribution is 5.94. The Hall–Kier alpha value is -1.55. The van der Waals surface area contributed by atoms with E-state index in [0.717, 1.165) is 32.6 Å². The molecule has 2 aliphatic heterocycles. The average Bonchev–Trinajstić information content (AvgIpc) is 2.89. The van der Waals surface area contributed by atoms with E-state index in [-0.39, 0.29) is 17.1 Å². The van der Waals surface area contributed by atoms with Crippen LogP contribution in [0.15, 0.2) is 24.3 Å². The zero-order valence-electron chi connectivity index (χ0n) is 15.2. The van der Waals surface area contributed by atoms with Crippen molar-refractivity contribution in [3.8, 4) is 5.75 Å². The predicted octanol–water partition coefficient (Wildman–Crippen LogP) is 3.37. The van der Waals surface area contributed by atoms with Crippen molar-refractivity contribution in [1.29, 1.82) is 0 Å². The van der Waals surface area contributed by atoms with Crippen LogP contribution in [0.2, 0.25) is 0 Å². The van der Waals surface area contributed by atoms with Crippen molar-refractivity contribution in [2.45, 2.75) is 40.0 Å². The van der Waals surface area contributed by atoms with E-state index in [9.17, 15) is 9.90 Å². The highest BCUT2D eigenvalue weighted by atomic mass is 16.3. The fraction of sp³-hybridized carbons (Fsp3) is 0.650. The Bertz CT molecular complexity index is 591. The van der Waals surface area contributed by atoms with Gasteiger partial charge in [0.25, 0.3) is 5.91 Å². The fourth-order valence-corrected chi connectivity index (χ4v) is 4.34. The van der Waals surface area contributed by atoms with E-state index in [2.05, 4.69) is 25.7 Å². The van der Waals surface area contributed by atoms with Crippen LogP contribution in [0.5, 0.6) is 5.75 Å². The van der Waals surface area contributed by atoms with Crippen molar-refractivity contribution in [3.05, 3.63) is 29.8 Å². The number of piperidine rings is 1. The summed E-state index contributed by atoms with van der Waals surface area (Å²) in [7, 11) is 0. The molecular weight excluding hydrogens is 300 g/mol. The lowest BCUT2D eigenvalue weighted by Crippen LogP contribution is -2.47. The van der Waals surface area contributed by atoms with Crippen molar-refractivity contribution in [2.24, 2.45) is 10.8 Å².